The van der Waals surface area contributed by atoms with Gasteiger partial charge in [-0.2, -0.15) is 0 Å². The van der Waals surface area contributed by atoms with Crippen LogP contribution in [0.25, 0.3) is 0 Å². The number of aldehydes is 1. The molecule has 0 radical (unpaired) electrons. The van der Waals surface area contributed by atoms with Crippen molar-refractivity contribution < 1.29 is 23.6 Å². The zero-order chi connectivity index (χ0) is 11.6. The maximum atomic E-state index is 11.1. The Bertz CT molecular complexity index is 414. The molecule has 84 valence electrons. The van der Waals surface area contributed by atoms with E-state index in [4.69, 9.17) is 14.2 Å². The average molecular weight is 232 g/mol. The molecule has 1 heterocycles. The van der Waals surface area contributed by atoms with Gasteiger partial charge in [0.2, 0.25) is 5.50 Å². The number of rotatable bonds is 4. The zero-order valence-electron chi connectivity index (χ0n) is 8.56. The van der Waals surface area contributed by atoms with Gasteiger partial charge < -0.3 is 14.2 Å². The van der Waals surface area contributed by atoms with E-state index in [1.165, 1.54) is 0 Å². The second-order valence-corrected chi connectivity index (χ2v) is 4.59. The first-order valence-corrected chi connectivity index (χ1v) is 6.22. The van der Waals surface area contributed by atoms with E-state index in [0.717, 1.165) is 0 Å². The zero-order valence-corrected chi connectivity index (χ0v) is 9.45. The first-order chi connectivity index (χ1) is 6.95. The molecule has 0 unspecified atom stereocenters. The van der Waals surface area contributed by atoms with E-state index in [0.29, 0.717) is 30.3 Å². The molecule has 1 rings (SSSR count). The van der Waals surface area contributed by atoms with Crippen LogP contribution < -0.4 is 5.50 Å². The summed E-state index contributed by atoms with van der Waals surface area (Å²) in [6.45, 7) is 3.57. The Morgan fingerprint density at radius 3 is 2.13 bits per heavy atom. The summed E-state index contributed by atoms with van der Waals surface area (Å²) in [7, 11) is -4.43. The summed E-state index contributed by atoms with van der Waals surface area (Å²) in [6, 6.07) is 0. The molecule has 0 aliphatic heterocycles. The van der Waals surface area contributed by atoms with Gasteiger partial charge in [0, 0.05) is 11.1 Å². The van der Waals surface area contributed by atoms with Crippen molar-refractivity contribution in [3.63, 3.8) is 0 Å². The lowest BCUT2D eigenvalue weighted by atomic mass is 10.1. The van der Waals surface area contributed by atoms with Crippen LogP contribution in [0.15, 0.2) is 4.42 Å². The molecule has 0 aliphatic carbocycles. The maximum absolute atomic E-state index is 11.1. The Hall–Kier alpha value is -0.900. The number of hydrogen-bond donors (Lipinski definition) is 2. The third-order valence-electron chi connectivity index (χ3n) is 2.21. The number of hydrogen-bond acceptors (Lipinski definition) is 3. The molecule has 0 saturated carbocycles. The standard InChI is InChI=1S/C9H13O5P/c1-3-6-7(4-2)9(15(11,12)13)14-8(6)5-10/h5H,3-4H2,1-2H3,(H2,11,12,13). The summed E-state index contributed by atoms with van der Waals surface area (Å²) >= 11 is 0. The molecule has 1 aromatic heterocycles. The van der Waals surface area contributed by atoms with Crippen molar-refractivity contribution in [2.45, 2.75) is 26.7 Å². The minimum atomic E-state index is -4.43. The van der Waals surface area contributed by atoms with Crippen LogP contribution in [0, 0.1) is 0 Å². The van der Waals surface area contributed by atoms with Gasteiger partial charge in [-0.05, 0) is 12.8 Å². The molecule has 0 fully saturated rings. The Kier molecular flexibility index (Phi) is 3.50. The molecule has 0 atom stereocenters. The molecule has 0 saturated heterocycles. The van der Waals surface area contributed by atoms with Crippen LogP contribution in [0.3, 0.4) is 0 Å². The van der Waals surface area contributed by atoms with Gasteiger partial charge in [0.05, 0.1) is 0 Å². The van der Waals surface area contributed by atoms with Crippen LogP contribution >= 0.6 is 7.60 Å². The maximum Gasteiger partial charge on any atom is 0.391 e. The highest BCUT2D eigenvalue weighted by atomic mass is 31.2. The van der Waals surface area contributed by atoms with Crippen LogP contribution in [0.5, 0.6) is 0 Å². The summed E-state index contributed by atoms with van der Waals surface area (Å²) in [5, 5.41) is 0. The Morgan fingerprint density at radius 1 is 1.27 bits per heavy atom. The van der Waals surface area contributed by atoms with E-state index in [-0.39, 0.29) is 11.3 Å². The highest BCUT2D eigenvalue weighted by Crippen LogP contribution is 2.37. The molecule has 0 amide bonds. The quantitative estimate of drug-likeness (QED) is 0.597. The molecule has 0 bridgehead atoms. The lowest BCUT2D eigenvalue weighted by Crippen LogP contribution is -2.07. The van der Waals surface area contributed by atoms with Crippen molar-refractivity contribution in [1.82, 2.24) is 0 Å². The fourth-order valence-electron chi connectivity index (χ4n) is 1.59. The van der Waals surface area contributed by atoms with Gasteiger partial charge in [-0.1, -0.05) is 13.8 Å². The average Bonchev–Trinajstić information content (AvgIpc) is 2.54. The van der Waals surface area contributed by atoms with Gasteiger partial charge in [0.25, 0.3) is 0 Å². The molecular weight excluding hydrogens is 219 g/mol. The first-order valence-electron chi connectivity index (χ1n) is 4.61. The van der Waals surface area contributed by atoms with Gasteiger partial charge in [-0.3, -0.25) is 9.36 Å². The van der Waals surface area contributed by atoms with Gasteiger partial charge in [0.1, 0.15) is 0 Å². The molecule has 0 spiro atoms. The van der Waals surface area contributed by atoms with E-state index in [2.05, 4.69) is 0 Å². The van der Waals surface area contributed by atoms with Crippen molar-refractivity contribution in [2.75, 3.05) is 0 Å². The molecule has 15 heavy (non-hydrogen) atoms. The Morgan fingerprint density at radius 2 is 1.80 bits per heavy atom. The summed E-state index contributed by atoms with van der Waals surface area (Å²) < 4.78 is 16.0. The lowest BCUT2D eigenvalue weighted by molar-refractivity contribution is 0.110. The Balaban J connectivity index is 3.47. The van der Waals surface area contributed by atoms with E-state index in [1.807, 2.05) is 0 Å². The minimum Gasteiger partial charge on any atom is -0.445 e. The van der Waals surface area contributed by atoms with Gasteiger partial charge in [0.15, 0.2) is 12.0 Å². The number of carbonyl (C=O) groups excluding carboxylic acids is 1. The Labute approximate surface area is 87.3 Å². The van der Waals surface area contributed by atoms with Crippen LogP contribution in [0.4, 0.5) is 0 Å². The minimum absolute atomic E-state index is 0.0210. The van der Waals surface area contributed by atoms with Crippen molar-refractivity contribution in [1.29, 1.82) is 0 Å². The number of furan rings is 1. The van der Waals surface area contributed by atoms with E-state index >= 15 is 0 Å². The third kappa shape index (κ3) is 2.20. The molecular formula is C9H13O5P. The van der Waals surface area contributed by atoms with Crippen LogP contribution in [-0.2, 0) is 17.4 Å². The largest absolute Gasteiger partial charge is 0.445 e. The summed E-state index contributed by atoms with van der Waals surface area (Å²) in [4.78, 5) is 28.7. The van der Waals surface area contributed by atoms with Crippen molar-refractivity contribution in [3.8, 4) is 0 Å². The van der Waals surface area contributed by atoms with Crippen molar-refractivity contribution in [3.05, 3.63) is 16.9 Å². The molecule has 2 N–H and O–H groups in total. The third-order valence-corrected chi connectivity index (χ3v) is 3.10. The normalized spacial score (nSPS) is 11.7. The topological polar surface area (TPSA) is 87.7 Å². The molecule has 6 heteroatoms. The lowest BCUT2D eigenvalue weighted by Gasteiger charge is -2.02. The smallest absolute Gasteiger partial charge is 0.391 e. The van der Waals surface area contributed by atoms with Gasteiger partial charge >= 0.3 is 7.60 Å². The van der Waals surface area contributed by atoms with E-state index in [9.17, 15) is 9.36 Å². The van der Waals surface area contributed by atoms with Crippen molar-refractivity contribution in [2.24, 2.45) is 0 Å². The van der Waals surface area contributed by atoms with Crippen molar-refractivity contribution >= 4 is 19.4 Å². The van der Waals surface area contributed by atoms with Crippen LogP contribution in [-0.4, -0.2) is 16.1 Å². The number of carbonyl (C=O) groups is 1. The second kappa shape index (κ2) is 4.31. The predicted molar refractivity (Wildman–Crippen MR) is 54.5 cm³/mol. The molecule has 1 aromatic rings. The second-order valence-electron chi connectivity index (χ2n) is 3.10. The molecule has 5 nitrogen and oxygen atoms in total. The fourth-order valence-corrected chi connectivity index (χ4v) is 2.45. The monoisotopic (exact) mass is 232 g/mol. The first kappa shape index (κ1) is 12.2. The molecule has 0 aromatic carbocycles. The van der Waals surface area contributed by atoms with E-state index < -0.39 is 7.60 Å². The summed E-state index contributed by atoms with van der Waals surface area (Å²) in [5.41, 5.74) is 0.669. The SMILES string of the molecule is CCc1c(C=O)oc(P(=O)(O)O)c1CC. The highest BCUT2D eigenvalue weighted by molar-refractivity contribution is 7.59. The van der Waals surface area contributed by atoms with E-state index in [1.54, 1.807) is 13.8 Å². The fraction of sp³-hybridized carbons (Fsp3) is 0.444. The van der Waals surface area contributed by atoms with Gasteiger partial charge in [-0.15, -0.1) is 0 Å². The predicted octanol–water partition coefficient (Wildman–Crippen LogP) is 1.02. The summed E-state index contributed by atoms with van der Waals surface area (Å²) in [6.07, 6.45) is 1.43. The van der Waals surface area contributed by atoms with Crippen LogP contribution in [0.1, 0.15) is 35.5 Å². The van der Waals surface area contributed by atoms with Gasteiger partial charge in [-0.25, -0.2) is 0 Å². The molecule has 0 aliphatic rings. The summed E-state index contributed by atoms with van der Waals surface area (Å²) in [5.74, 6) is 0.0210. The highest BCUT2D eigenvalue weighted by Gasteiger charge is 2.29. The van der Waals surface area contributed by atoms with Crippen LogP contribution in [0.2, 0.25) is 0 Å².